The number of anilines is 3. The van der Waals surface area contributed by atoms with E-state index in [1.807, 2.05) is 6.07 Å². The van der Waals surface area contributed by atoms with Crippen LogP contribution in [0.3, 0.4) is 0 Å². The van der Waals surface area contributed by atoms with Crippen LogP contribution in [-0.2, 0) is 0 Å². The van der Waals surface area contributed by atoms with E-state index in [4.69, 9.17) is 4.42 Å². The van der Waals surface area contributed by atoms with E-state index in [1.165, 1.54) is 43.4 Å². The molecule has 0 N–H and O–H groups in total. The molecule has 0 aliphatic carbocycles. The van der Waals surface area contributed by atoms with Gasteiger partial charge in [-0.1, -0.05) is 115 Å². The van der Waals surface area contributed by atoms with Crippen molar-refractivity contribution in [2.24, 2.45) is 0 Å². The summed E-state index contributed by atoms with van der Waals surface area (Å²) in [6.45, 7) is 0. The fraction of sp³-hybridized carbons (Fsp3) is 0. The van der Waals surface area contributed by atoms with Crippen molar-refractivity contribution in [3.8, 4) is 16.8 Å². The molecular formula is C50H32N2O. The van der Waals surface area contributed by atoms with E-state index in [0.717, 1.165) is 55.7 Å². The molecular weight excluding hydrogens is 645 g/mol. The first-order valence-corrected chi connectivity index (χ1v) is 18.1. The maximum atomic E-state index is 6.32. The summed E-state index contributed by atoms with van der Waals surface area (Å²) in [5.41, 5.74) is 11.0. The zero-order chi connectivity index (χ0) is 34.9. The standard InChI is InChI=1S/C50H32N2O/c1-3-11-33(12-4-1)35-19-23-39(24-20-35)51(40-25-21-34-13-7-8-14-36(34)29-40)41-26-27-46-45(31-41)44-30-37-22-28-49-50(42-17-9-10-18-48(42)53-49)43(37)32-47(44)52(46)38-15-5-2-6-16-38/h1-32H. The molecule has 0 unspecified atom stereocenters. The Labute approximate surface area is 306 Å². The van der Waals surface area contributed by atoms with E-state index in [-0.39, 0.29) is 0 Å². The predicted octanol–water partition coefficient (Wildman–Crippen LogP) is 14.1. The average molecular weight is 677 g/mol. The van der Waals surface area contributed by atoms with Crippen molar-refractivity contribution in [3.63, 3.8) is 0 Å². The Hall–Kier alpha value is -7.10. The van der Waals surface area contributed by atoms with Gasteiger partial charge in [0.2, 0.25) is 0 Å². The van der Waals surface area contributed by atoms with Gasteiger partial charge in [0.15, 0.2) is 0 Å². The van der Waals surface area contributed by atoms with E-state index in [2.05, 4.69) is 198 Å². The molecule has 248 valence electrons. The van der Waals surface area contributed by atoms with E-state index in [9.17, 15) is 0 Å². The normalized spacial score (nSPS) is 11.8. The predicted molar refractivity (Wildman–Crippen MR) is 223 cm³/mol. The van der Waals surface area contributed by atoms with Gasteiger partial charge in [0.1, 0.15) is 11.2 Å². The number of fused-ring (bicyclic) bond motifs is 9. The Morgan fingerprint density at radius 1 is 0.358 bits per heavy atom. The minimum absolute atomic E-state index is 0.909. The summed E-state index contributed by atoms with van der Waals surface area (Å²) in [5.74, 6) is 0. The van der Waals surface area contributed by atoms with Crippen LogP contribution in [0.5, 0.6) is 0 Å². The maximum Gasteiger partial charge on any atom is 0.136 e. The highest BCUT2D eigenvalue weighted by atomic mass is 16.3. The van der Waals surface area contributed by atoms with Gasteiger partial charge in [-0.3, -0.25) is 0 Å². The van der Waals surface area contributed by atoms with Crippen LogP contribution in [0.2, 0.25) is 0 Å². The van der Waals surface area contributed by atoms with Crippen molar-refractivity contribution < 1.29 is 4.42 Å². The molecule has 0 radical (unpaired) electrons. The molecule has 0 aliphatic rings. The van der Waals surface area contributed by atoms with Crippen molar-refractivity contribution in [2.75, 3.05) is 4.90 Å². The Morgan fingerprint density at radius 3 is 1.85 bits per heavy atom. The molecule has 11 rings (SSSR count). The summed E-state index contributed by atoms with van der Waals surface area (Å²) in [4.78, 5) is 2.38. The van der Waals surface area contributed by atoms with Gasteiger partial charge < -0.3 is 13.9 Å². The largest absolute Gasteiger partial charge is 0.456 e. The molecule has 3 heteroatoms. The molecule has 2 heterocycles. The van der Waals surface area contributed by atoms with Crippen LogP contribution in [0, 0.1) is 0 Å². The van der Waals surface area contributed by atoms with Crippen LogP contribution in [0.15, 0.2) is 199 Å². The lowest BCUT2D eigenvalue weighted by atomic mass is 10.0. The van der Waals surface area contributed by atoms with Gasteiger partial charge in [0.05, 0.1) is 11.0 Å². The van der Waals surface area contributed by atoms with Gasteiger partial charge in [0, 0.05) is 44.3 Å². The zero-order valence-corrected chi connectivity index (χ0v) is 28.8. The first kappa shape index (κ1) is 29.6. The summed E-state index contributed by atoms with van der Waals surface area (Å²) in [7, 11) is 0. The third-order valence-electron chi connectivity index (χ3n) is 10.7. The Morgan fingerprint density at radius 2 is 1.00 bits per heavy atom. The van der Waals surface area contributed by atoms with Crippen molar-refractivity contribution in [3.05, 3.63) is 194 Å². The van der Waals surface area contributed by atoms with Gasteiger partial charge in [0.25, 0.3) is 0 Å². The third kappa shape index (κ3) is 4.75. The molecule has 0 atom stereocenters. The monoisotopic (exact) mass is 676 g/mol. The van der Waals surface area contributed by atoms with Crippen LogP contribution in [0.25, 0.3) is 82.1 Å². The number of furan rings is 1. The number of aromatic nitrogens is 1. The highest BCUT2D eigenvalue weighted by molar-refractivity contribution is 6.23. The highest BCUT2D eigenvalue weighted by Crippen LogP contribution is 2.43. The van der Waals surface area contributed by atoms with Gasteiger partial charge in [-0.15, -0.1) is 0 Å². The molecule has 0 bridgehead atoms. The number of hydrogen-bond donors (Lipinski definition) is 0. The van der Waals surface area contributed by atoms with E-state index in [0.29, 0.717) is 0 Å². The van der Waals surface area contributed by atoms with E-state index in [1.54, 1.807) is 0 Å². The number of para-hydroxylation sites is 2. The first-order valence-electron chi connectivity index (χ1n) is 18.1. The summed E-state index contributed by atoms with van der Waals surface area (Å²) in [6, 6.07) is 69.9. The first-order chi connectivity index (χ1) is 26.3. The van der Waals surface area contributed by atoms with Crippen molar-refractivity contribution in [1.29, 1.82) is 0 Å². The molecule has 2 aromatic heterocycles. The zero-order valence-electron chi connectivity index (χ0n) is 28.8. The van der Waals surface area contributed by atoms with Crippen molar-refractivity contribution >= 4 is 82.4 Å². The lowest BCUT2D eigenvalue weighted by molar-refractivity contribution is 0.669. The van der Waals surface area contributed by atoms with Crippen LogP contribution >= 0.6 is 0 Å². The maximum absolute atomic E-state index is 6.32. The second-order valence-electron chi connectivity index (χ2n) is 13.8. The van der Waals surface area contributed by atoms with Gasteiger partial charge >= 0.3 is 0 Å². The fourth-order valence-corrected chi connectivity index (χ4v) is 8.24. The minimum atomic E-state index is 0.909. The summed E-state index contributed by atoms with van der Waals surface area (Å²) in [6.07, 6.45) is 0. The molecule has 9 aromatic carbocycles. The van der Waals surface area contributed by atoms with E-state index >= 15 is 0 Å². The molecule has 0 fully saturated rings. The summed E-state index contributed by atoms with van der Waals surface area (Å²) < 4.78 is 8.73. The highest BCUT2D eigenvalue weighted by Gasteiger charge is 2.20. The Balaban J connectivity index is 1.17. The van der Waals surface area contributed by atoms with Crippen LogP contribution in [0.1, 0.15) is 0 Å². The quantitative estimate of drug-likeness (QED) is 0.181. The number of benzene rings is 9. The smallest absolute Gasteiger partial charge is 0.136 e. The van der Waals surface area contributed by atoms with Crippen molar-refractivity contribution in [1.82, 2.24) is 4.57 Å². The van der Waals surface area contributed by atoms with Crippen LogP contribution in [0.4, 0.5) is 17.1 Å². The summed E-state index contributed by atoms with van der Waals surface area (Å²) >= 11 is 0. The van der Waals surface area contributed by atoms with E-state index < -0.39 is 0 Å². The van der Waals surface area contributed by atoms with Crippen molar-refractivity contribution in [2.45, 2.75) is 0 Å². The molecule has 11 aromatic rings. The number of rotatable bonds is 5. The van der Waals surface area contributed by atoms with Crippen LogP contribution < -0.4 is 4.90 Å². The second-order valence-corrected chi connectivity index (χ2v) is 13.8. The fourth-order valence-electron chi connectivity index (χ4n) is 8.24. The van der Waals surface area contributed by atoms with Gasteiger partial charge in [-0.25, -0.2) is 0 Å². The lowest BCUT2D eigenvalue weighted by Crippen LogP contribution is -2.10. The number of nitrogens with zero attached hydrogens (tertiary/aromatic N) is 2. The molecule has 0 saturated carbocycles. The minimum Gasteiger partial charge on any atom is -0.456 e. The topological polar surface area (TPSA) is 21.3 Å². The molecule has 0 aliphatic heterocycles. The Kier molecular flexibility index (Phi) is 6.55. The summed E-state index contributed by atoms with van der Waals surface area (Å²) in [5, 5.41) is 9.53. The number of hydrogen-bond acceptors (Lipinski definition) is 2. The molecule has 3 nitrogen and oxygen atoms in total. The molecule has 53 heavy (non-hydrogen) atoms. The second kappa shape index (κ2) is 11.7. The molecule has 0 spiro atoms. The SMILES string of the molecule is c1ccc(-c2ccc(N(c3ccc4ccccc4c3)c3ccc4c(c3)c3cc5ccc6oc7ccccc7c6c5cc3n4-c3ccccc3)cc2)cc1. The lowest BCUT2D eigenvalue weighted by Gasteiger charge is -2.26. The van der Waals surface area contributed by atoms with Crippen LogP contribution in [-0.4, -0.2) is 4.57 Å². The third-order valence-corrected chi connectivity index (χ3v) is 10.7. The van der Waals surface area contributed by atoms with Gasteiger partial charge in [-0.2, -0.15) is 0 Å². The Bertz CT molecular complexity index is 3160. The van der Waals surface area contributed by atoms with Gasteiger partial charge in [-0.05, 0) is 112 Å². The molecule has 0 saturated heterocycles. The molecule has 0 amide bonds. The average Bonchev–Trinajstić information content (AvgIpc) is 3.76.